The van der Waals surface area contributed by atoms with Gasteiger partial charge >= 0.3 is 0 Å². The van der Waals surface area contributed by atoms with Crippen LogP contribution < -0.4 is 5.73 Å². The van der Waals surface area contributed by atoms with Gasteiger partial charge in [0.2, 0.25) is 5.91 Å². The molecule has 1 fully saturated rings. The number of amides is 1. The average molecular weight is 269 g/mol. The number of carbonyl (C=O) groups excluding carboxylic acids is 1. The van der Waals surface area contributed by atoms with Gasteiger partial charge in [0.15, 0.2) is 5.84 Å². The fourth-order valence-corrected chi connectivity index (χ4v) is 2.64. The van der Waals surface area contributed by atoms with Gasteiger partial charge in [-0.1, -0.05) is 39.3 Å². The Morgan fingerprint density at radius 1 is 1.53 bits per heavy atom. The van der Waals surface area contributed by atoms with E-state index in [1.165, 1.54) is 0 Å². The standard InChI is InChI=1S/C14H27N3O2/c1-5-6-11(12(15)16-19)13(18)17-8-7-10(9-17)14(2,3)4/h10-11,19H,5-9H2,1-4H3,(H2,15,16). The van der Waals surface area contributed by atoms with E-state index in [0.717, 1.165) is 25.9 Å². The predicted octanol–water partition coefficient (Wildman–Crippen LogP) is 2.04. The molecule has 1 saturated heterocycles. The van der Waals surface area contributed by atoms with Crippen molar-refractivity contribution in [3.8, 4) is 0 Å². The lowest BCUT2D eigenvalue weighted by molar-refractivity contribution is -0.132. The second-order valence-corrected chi connectivity index (χ2v) is 6.50. The maximum Gasteiger partial charge on any atom is 0.233 e. The molecule has 3 N–H and O–H groups in total. The Labute approximate surface area is 115 Å². The van der Waals surface area contributed by atoms with Crippen molar-refractivity contribution in [3.05, 3.63) is 0 Å². The lowest BCUT2D eigenvalue weighted by Crippen LogP contribution is -2.41. The Morgan fingerprint density at radius 2 is 2.16 bits per heavy atom. The number of amidine groups is 1. The summed E-state index contributed by atoms with van der Waals surface area (Å²) in [5.41, 5.74) is 5.86. The lowest BCUT2D eigenvalue weighted by atomic mass is 9.80. The van der Waals surface area contributed by atoms with E-state index in [1.54, 1.807) is 0 Å². The minimum Gasteiger partial charge on any atom is -0.409 e. The molecule has 1 aliphatic rings. The third kappa shape index (κ3) is 3.85. The van der Waals surface area contributed by atoms with Gasteiger partial charge < -0.3 is 15.8 Å². The molecule has 1 aliphatic heterocycles. The van der Waals surface area contributed by atoms with Crippen LogP contribution in [0, 0.1) is 17.3 Å². The summed E-state index contributed by atoms with van der Waals surface area (Å²) in [7, 11) is 0. The number of rotatable bonds is 4. The molecular weight excluding hydrogens is 242 g/mol. The highest BCUT2D eigenvalue weighted by atomic mass is 16.4. The van der Waals surface area contributed by atoms with Crippen LogP contribution in [-0.2, 0) is 4.79 Å². The SMILES string of the molecule is CCCC(C(=O)N1CCC(C(C)(C)C)C1)C(N)=NO. The first-order valence-electron chi connectivity index (χ1n) is 7.07. The van der Waals surface area contributed by atoms with E-state index >= 15 is 0 Å². The van der Waals surface area contributed by atoms with Crippen molar-refractivity contribution in [1.82, 2.24) is 4.90 Å². The molecule has 5 nitrogen and oxygen atoms in total. The summed E-state index contributed by atoms with van der Waals surface area (Å²) in [6.45, 7) is 10.2. The summed E-state index contributed by atoms with van der Waals surface area (Å²) in [6, 6.07) is 0. The van der Waals surface area contributed by atoms with E-state index in [9.17, 15) is 4.79 Å². The van der Waals surface area contributed by atoms with Gasteiger partial charge in [-0.15, -0.1) is 0 Å². The van der Waals surface area contributed by atoms with Crippen molar-refractivity contribution in [1.29, 1.82) is 0 Å². The summed E-state index contributed by atoms with van der Waals surface area (Å²) in [6.07, 6.45) is 2.50. The fourth-order valence-electron chi connectivity index (χ4n) is 2.64. The molecule has 1 amide bonds. The van der Waals surface area contributed by atoms with Crippen molar-refractivity contribution in [2.45, 2.75) is 47.0 Å². The number of nitrogens with two attached hydrogens (primary N) is 1. The minimum atomic E-state index is -0.478. The highest BCUT2D eigenvalue weighted by Crippen LogP contribution is 2.34. The number of nitrogens with zero attached hydrogens (tertiary/aromatic N) is 2. The zero-order chi connectivity index (χ0) is 14.6. The normalized spacial score (nSPS) is 22.6. The molecule has 2 unspecified atom stereocenters. The molecule has 0 aromatic heterocycles. The second kappa shape index (κ2) is 6.26. The first kappa shape index (κ1) is 15.8. The Kier molecular flexibility index (Phi) is 5.20. The lowest BCUT2D eigenvalue weighted by Gasteiger charge is -2.28. The largest absolute Gasteiger partial charge is 0.409 e. The van der Waals surface area contributed by atoms with Crippen LogP contribution in [0.5, 0.6) is 0 Å². The predicted molar refractivity (Wildman–Crippen MR) is 75.9 cm³/mol. The molecular formula is C14H27N3O2. The van der Waals surface area contributed by atoms with Gasteiger partial charge in [-0.05, 0) is 24.2 Å². The smallest absolute Gasteiger partial charge is 0.233 e. The molecule has 0 aliphatic carbocycles. The van der Waals surface area contributed by atoms with Crippen LogP contribution in [0.3, 0.4) is 0 Å². The van der Waals surface area contributed by atoms with Crippen LogP contribution in [0.15, 0.2) is 5.16 Å². The molecule has 1 rings (SSSR count). The first-order chi connectivity index (χ1) is 8.81. The molecule has 110 valence electrons. The molecule has 19 heavy (non-hydrogen) atoms. The molecule has 0 spiro atoms. The summed E-state index contributed by atoms with van der Waals surface area (Å²) in [4.78, 5) is 14.3. The number of oxime groups is 1. The topological polar surface area (TPSA) is 78.9 Å². The minimum absolute atomic E-state index is 0.00361. The van der Waals surface area contributed by atoms with Gasteiger partial charge in [-0.3, -0.25) is 4.79 Å². The molecule has 2 atom stereocenters. The van der Waals surface area contributed by atoms with E-state index in [-0.39, 0.29) is 17.2 Å². The van der Waals surface area contributed by atoms with Gasteiger partial charge in [0, 0.05) is 13.1 Å². The Hall–Kier alpha value is -1.26. The summed E-state index contributed by atoms with van der Waals surface area (Å²) >= 11 is 0. The number of carbonyl (C=O) groups is 1. The first-order valence-corrected chi connectivity index (χ1v) is 7.07. The number of likely N-dealkylation sites (tertiary alicyclic amines) is 1. The monoisotopic (exact) mass is 269 g/mol. The van der Waals surface area contributed by atoms with Gasteiger partial charge in [0.25, 0.3) is 0 Å². The van der Waals surface area contributed by atoms with E-state index in [2.05, 4.69) is 25.9 Å². The Bertz CT molecular complexity index is 347. The van der Waals surface area contributed by atoms with E-state index in [1.807, 2.05) is 11.8 Å². The number of hydrogen-bond acceptors (Lipinski definition) is 3. The average Bonchev–Trinajstić information content (AvgIpc) is 2.83. The van der Waals surface area contributed by atoms with Crippen molar-refractivity contribution >= 4 is 11.7 Å². The van der Waals surface area contributed by atoms with Crippen LogP contribution in [0.2, 0.25) is 0 Å². The Balaban J connectivity index is 2.72. The molecule has 0 radical (unpaired) electrons. The van der Waals surface area contributed by atoms with Crippen molar-refractivity contribution < 1.29 is 10.0 Å². The molecule has 0 bridgehead atoms. The fraction of sp³-hybridized carbons (Fsp3) is 0.857. The highest BCUT2D eigenvalue weighted by Gasteiger charge is 2.36. The van der Waals surface area contributed by atoms with Gasteiger partial charge in [-0.25, -0.2) is 0 Å². The van der Waals surface area contributed by atoms with Gasteiger partial charge in [0.05, 0.1) is 5.92 Å². The maximum atomic E-state index is 12.5. The summed E-state index contributed by atoms with van der Waals surface area (Å²) in [5, 5.41) is 11.8. The molecule has 0 aromatic carbocycles. The maximum absolute atomic E-state index is 12.5. The van der Waals surface area contributed by atoms with E-state index in [4.69, 9.17) is 10.9 Å². The Morgan fingerprint density at radius 3 is 2.58 bits per heavy atom. The third-order valence-electron chi connectivity index (χ3n) is 4.07. The van der Waals surface area contributed by atoms with E-state index < -0.39 is 5.92 Å². The van der Waals surface area contributed by atoms with Crippen molar-refractivity contribution in [2.75, 3.05) is 13.1 Å². The van der Waals surface area contributed by atoms with Gasteiger partial charge in [-0.2, -0.15) is 0 Å². The quantitative estimate of drug-likeness (QED) is 0.355. The van der Waals surface area contributed by atoms with Crippen LogP contribution in [0.25, 0.3) is 0 Å². The number of hydrogen-bond donors (Lipinski definition) is 2. The third-order valence-corrected chi connectivity index (χ3v) is 4.07. The molecule has 1 heterocycles. The van der Waals surface area contributed by atoms with Gasteiger partial charge in [0.1, 0.15) is 0 Å². The zero-order valence-electron chi connectivity index (χ0n) is 12.5. The van der Waals surface area contributed by atoms with Crippen LogP contribution in [0.1, 0.15) is 47.0 Å². The summed E-state index contributed by atoms with van der Waals surface area (Å²) < 4.78 is 0. The van der Waals surface area contributed by atoms with Crippen LogP contribution in [0.4, 0.5) is 0 Å². The second-order valence-electron chi connectivity index (χ2n) is 6.50. The van der Waals surface area contributed by atoms with Crippen molar-refractivity contribution in [3.63, 3.8) is 0 Å². The van der Waals surface area contributed by atoms with Crippen LogP contribution in [-0.4, -0.2) is 34.9 Å². The molecule has 0 aromatic rings. The van der Waals surface area contributed by atoms with Crippen molar-refractivity contribution in [2.24, 2.45) is 28.1 Å². The van der Waals surface area contributed by atoms with E-state index in [0.29, 0.717) is 12.3 Å². The summed E-state index contributed by atoms with van der Waals surface area (Å²) in [5.74, 6) is 0.0784. The van der Waals surface area contributed by atoms with Crippen LogP contribution >= 0.6 is 0 Å². The molecule has 0 saturated carbocycles. The molecule has 5 heteroatoms. The zero-order valence-corrected chi connectivity index (χ0v) is 12.5. The highest BCUT2D eigenvalue weighted by molar-refractivity contribution is 6.02.